The van der Waals surface area contributed by atoms with Gasteiger partial charge in [-0.2, -0.15) is 0 Å². The molecule has 1 aromatic carbocycles. The summed E-state index contributed by atoms with van der Waals surface area (Å²) in [6, 6.07) is 3.77. The zero-order valence-electron chi connectivity index (χ0n) is 32.6. The molecule has 5 atom stereocenters. The maximum atomic E-state index is 14.8. The number of allylic oxidation sites excluding steroid dienone is 1. The van der Waals surface area contributed by atoms with Gasteiger partial charge in [-0.05, 0) is 103 Å². The number of hydrogen-bond donors (Lipinski definition) is 3. The van der Waals surface area contributed by atoms with E-state index in [4.69, 9.17) is 19.2 Å². The Hall–Kier alpha value is -4.40. The van der Waals surface area contributed by atoms with Crippen molar-refractivity contribution in [2.75, 3.05) is 13.7 Å². The van der Waals surface area contributed by atoms with E-state index in [0.717, 1.165) is 47.8 Å². The Morgan fingerprint density at radius 3 is 2.57 bits per heavy atom. The van der Waals surface area contributed by atoms with Crippen molar-refractivity contribution in [1.29, 1.82) is 0 Å². The lowest BCUT2D eigenvalue weighted by molar-refractivity contribution is -0.141. The molecule has 14 nitrogen and oxygen atoms in total. The molecule has 302 valence electrons. The summed E-state index contributed by atoms with van der Waals surface area (Å²) in [5.74, 6) is -0.576. The number of fused-ring (bicyclic) bond motifs is 5. The van der Waals surface area contributed by atoms with Crippen LogP contribution in [0.1, 0.15) is 115 Å². The molecule has 4 amide bonds. The quantitative estimate of drug-likeness (QED) is 0.333. The molecule has 6 aliphatic rings. The monoisotopic (exact) mass is 791 g/mol. The van der Waals surface area contributed by atoms with Crippen LogP contribution in [0.5, 0.6) is 11.5 Å². The fraction of sp³-hybridized carbons (Fsp3) is 0.634. The van der Waals surface area contributed by atoms with Gasteiger partial charge in [0, 0.05) is 29.2 Å². The standard InChI is InChI=1S/C41H53N5O9S/c1-24(2)54-38(50)43-31-11-9-7-5-6-8-10-26-21-41(26,37(49)45-56(51,52)39(3)18-19-39)44-35(47)32-22-40(23-46(32)36(31)48)17-16-28-29-20-27(53-4)14-15-30(29)42-33(25-12-13-25)34(28)55-40/h8,10,14-15,20,24-26,31-32H,5-7,9,11-13,16-19,21-23H2,1-4H3,(H,43,50)(H,44,47)(H,45,49). The van der Waals surface area contributed by atoms with Gasteiger partial charge in [-0.3, -0.25) is 19.1 Å². The number of ether oxygens (including phenoxy) is 3. The van der Waals surface area contributed by atoms with Gasteiger partial charge < -0.3 is 29.7 Å². The molecular weight excluding hydrogens is 739 g/mol. The number of amides is 4. The molecule has 4 fully saturated rings. The summed E-state index contributed by atoms with van der Waals surface area (Å²) in [5, 5.41) is 6.69. The van der Waals surface area contributed by atoms with Crippen LogP contribution in [0.2, 0.25) is 0 Å². The number of methoxy groups -OCH3 is 1. The Bertz CT molecular complexity index is 2100. The first kappa shape index (κ1) is 38.5. The summed E-state index contributed by atoms with van der Waals surface area (Å²) < 4.78 is 45.7. The lowest BCUT2D eigenvalue weighted by Gasteiger charge is -2.37. The molecule has 3 N–H and O–H groups in total. The van der Waals surface area contributed by atoms with E-state index in [2.05, 4.69) is 15.4 Å². The minimum Gasteiger partial charge on any atom is -0.497 e. The van der Waals surface area contributed by atoms with Gasteiger partial charge in [0.1, 0.15) is 34.7 Å². The minimum atomic E-state index is -3.99. The first-order valence-corrected chi connectivity index (χ1v) is 21.7. The molecule has 0 radical (unpaired) electrons. The van der Waals surface area contributed by atoms with Crippen molar-refractivity contribution < 1.29 is 41.8 Å². The normalized spacial score (nSPS) is 29.9. The third-order valence-electron chi connectivity index (χ3n) is 12.6. The van der Waals surface area contributed by atoms with E-state index in [0.29, 0.717) is 56.4 Å². The van der Waals surface area contributed by atoms with Crippen LogP contribution >= 0.6 is 0 Å². The summed E-state index contributed by atoms with van der Waals surface area (Å²) >= 11 is 0. The molecule has 56 heavy (non-hydrogen) atoms. The molecule has 5 unspecified atom stereocenters. The molecular formula is C41H53N5O9S. The lowest BCUT2D eigenvalue weighted by Crippen LogP contribution is -2.58. The van der Waals surface area contributed by atoms with Crippen LogP contribution in [-0.4, -0.2) is 89.8 Å². The van der Waals surface area contributed by atoms with E-state index in [1.807, 2.05) is 30.4 Å². The second-order valence-corrected chi connectivity index (χ2v) is 19.5. The fourth-order valence-corrected chi connectivity index (χ4v) is 10.00. The highest BCUT2D eigenvalue weighted by molar-refractivity contribution is 7.91. The number of carbonyl (C=O) groups is 4. The molecule has 4 heterocycles. The van der Waals surface area contributed by atoms with Crippen molar-refractivity contribution >= 4 is 44.7 Å². The molecule has 3 aliphatic carbocycles. The van der Waals surface area contributed by atoms with E-state index < -0.39 is 73.8 Å². The average Bonchev–Trinajstić information content (AvgIpc) is 4.09. The molecule has 0 bridgehead atoms. The summed E-state index contributed by atoms with van der Waals surface area (Å²) in [4.78, 5) is 63.0. The number of nitrogens with zero attached hydrogens (tertiary/aromatic N) is 2. The van der Waals surface area contributed by atoms with Crippen molar-refractivity contribution in [3.8, 4) is 11.5 Å². The van der Waals surface area contributed by atoms with Crippen molar-refractivity contribution in [3.05, 3.63) is 41.6 Å². The van der Waals surface area contributed by atoms with Crippen LogP contribution in [-0.2, 0) is 35.6 Å². The van der Waals surface area contributed by atoms with Gasteiger partial charge in [-0.25, -0.2) is 18.2 Å². The van der Waals surface area contributed by atoms with Crippen LogP contribution in [0.15, 0.2) is 30.4 Å². The largest absolute Gasteiger partial charge is 0.497 e. The Morgan fingerprint density at radius 1 is 1.07 bits per heavy atom. The second kappa shape index (κ2) is 14.2. The SMILES string of the molecule is COc1ccc2nc(C3CC3)c3c(c2c1)CCC1(CC2C(=O)NC4(C(=O)NS(=O)(=O)C5(C)CC5)CC4C=CCCCCCC(NC(=O)OC(C)C)C(=O)N2C1)O3. The first-order chi connectivity index (χ1) is 26.7. The number of aryl methyl sites for hydroxylation is 1. The number of pyridine rings is 1. The van der Waals surface area contributed by atoms with E-state index in [-0.39, 0.29) is 25.3 Å². The van der Waals surface area contributed by atoms with Gasteiger partial charge >= 0.3 is 6.09 Å². The van der Waals surface area contributed by atoms with E-state index >= 15 is 0 Å². The van der Waals surface area contributed by atoms with Gasteiger partial charge in [-0.15, -0.1) is 0 Å². The summed E-state index contributed by atoms with van der Waals surface area (Å²) in [5.41, 5.74) is 0.277. The number of aromatic nitrogens is 1. The molecule has 3 saturated carbocycles. The van der Waals surface area contributed by atoms with Crippen molar-refractivity contribution in [1.82, 2.24) is 25.2 Å². The van der Waals surface area contributed by atoms with Gasteiger partial charge in [0.25, 0.3) is 5.91 Å². The Morgan fingerprint density at radius 2 is 1.86 bits per heavy atom. The van der Waals surface area contributed by atoms with Crippen LogP contribution in [0.3, 0.4) is 0 Å². The molecule has 2 aromatic rings. The summed E-state index contributed by atoms with van der Waals surface area (Å²) in [7, 11) is -2.36. The van der Waals surface area contributed by atoms with Crippen molar-refractivity contribution in [3.63, 3.8) is 0 Å². The van der Waals surface area contributed by atoms with Gasteiger partial charge in [0.2, 0.25) is 21.8 Å². The minimum absolute atomic E-state index is 0.0658. The van der Waals surface area contributed by atoms with Crippen LogP contribution < -0.4 is 24.8 Å². The summed E-state index contributed by atoms with van der Waals surface area (Å²) in [6.45, 7) is 5.13. The predicted octanol–water partition coefficient (Wildman–Crippen LogP) is 4.68. The summed E-state index contributed by atoms with van der Waals surface area (Å²) in [6.07, 6.45) is 10.3. The topological polar surface area (TPSA) is 182 Å². The highest BCUT2D eigenvalue weighted by atomic mass is 32.2. The van der Waals surface area contributed by atoms with Gasteiger partial charge in [0.15, 0.2) is 0 Å². The molecule has 1 aromatic heterocycles. The Kier molecular flexibility index (Phi) is 9.76. The maximum Gasteiger partial charge on any atom is 0.408 e. The molecule has 3 aliphatic heterocycles. The predicted molar refractivity (Wildman–Crippen MR) is 207 cm³/mol. The first-order valence-electron chi connectivity index (χ1n) is 20.2. The van der Waals surface area contributed by atoms with Crippen LogP contribution in [0, 0.1) is 5.92 Å². The molecule has 8 rings (SSSR count). The third-order valence-corrected chi connectivity index (χ3v) is 14.8. The van der Waals surface area contributed by atoms with Crippen molar-refractivity contribution in [2.24, 2.45) is 5.92 Å². The van der Waals surface area contributed by atoms with Gasteiger partial charge in [0.05, 0.1) is 35.7 Å². The number of carbonyl (C=O) groups excluding carboxylic acids is 4. The number of nitrogens with one attached hydrogen (secondary N) is 3. The smallest absolute Gasteiger partial charge is 0.408 e. The fourth-order valence-electron chi connectivity index (χ4n) is 8.69. The van der Waals surface area contributed by atoms with E-state index in [1.165, 1.54) is 4.90 Å². The molecule has 15 heteroatoms. The number of sulfonamides is 1. The van der Waals surface area contributed by atoms with Crippen molar-refractivity contribution in [2.45, 2.75) is 144 Å². The average molecular weight is 792 g/mol. The van der Waals surface area contributed by atoms with E-state index in [9.17, 15) is 27.6 Å². The second-order valence-electron chi connectivity index (χ2n) is 17.3. The third kappa shape index (κ3) is 7.20. The molecule has 1 saturated heterocycles. The highest BCUT2D eigenvalue weighted by Crippen LogP contribution is 2.52. The van der Waals surface area contributed by atoms with Crippen LogP contribution in [0.4, 0.5) is 4.79 Å². The highest BCUT2D eigenvalue weighted by Gasteiger charge is 2.64. The molecule has 1 spiro atoms. The Balaban J connectivity index is 1.15. The van der Waals surface area contributed by atoms with Crippen LogP contribution in [0.25, 0.3) is 10.9 Å². The maximum absolute atomic E-state index is 14.8. The zero-order valence-corrected chi connectivity index (χ0v) is 33.5. The number of hydrogen-bond acceptors (Lipinski definition) is 10. The Labute approximate surface area is 327 Å². The number of alkyl carbamates (subject to hydrolysis) is 1. The zero-order chi connectivity index (χ0) is 39.6. The number of benzene rings is 1. The lowest BCUT2D eigenvalue weighted by atomic mass is 9.86. The van der Waals surface area contributed by atoms with Gasteiger partial charge in [-0.1, -0.05) is 25.0 Å². The van der Waals surface area contributed by atoms with E-state index in [1.54, 1.807) is 27.9 Å². The number of rotatable bonds is 7.